The number of likely N-dealkylation sites (N-methyl/N-ethyl adjacent to an activating group) is 1. The molecule has 0 unspecified atom stereocenters. The van der Waals surface area contributed by atoms with Crippen molar-refractivity contribution in [3.05, 3.63) is 28.7 Å². The molecule has 0 bridgehead atoms. The summed E-state index contributed by atoms with van der Waals surface area (Å²) in [4.78, 5) is 2.40. The molecular weight excluding hydrogens is 352 g/mol. The highest BCUT2D eigenvalue weighted by molar-refractivity contribution is 9.10. The van der Waals surface area contributed by atoms with Gasteiger partial charge in [-0.1, -0.05) is 25.0 Å². The van der Waals surface area contributed by atoms with Crippen molar-refractivity contribution in [2.24, 2.45) is 0 Å². The van der Waals surface area contributed by atoms with Gasteiger partial charge >= 0.3 is 0 Å². The number of nitrogens with zero attached hydrogens (tertiary/aromatic N) is 2. The van der Waals surface area contributed by atoms with Crippen LogP contribution in [0.2, 0.25) is 0 Å². The van der Waals surface area contributed by atoms with Crippen LogP contribution in [0.1, 0.15) is 25.7 Å². The molecule has 0 N–H and O–H groups in total. The van der Waals surface area contributed by atoms with Gasteiger partial charge < -0.3 is 4.90 Å². The normalized spacial score (nSPS) is 17.0. The monoisotopic (exact) mass is 374 g/mol. The smallest absolute Gasteiger partial charge is 0.244 e. The van der Waals surface area contributed by atoms with Gasteiger partial charge in [-0.2, -0.15) is 4.31 Å². The molecule has 4 nitrogen and oxygen atoms in total. The van der Waals surface area contributed by atoms with Gasteiger partial charge in [-0.3, -0.25) is 0 Å². The van der Waals surface area contributed by atoms with Gasteiger partial charge in [0.1, 0.15) is 0 Å². The van der Waals surface area contributed by atoms with Gasteiger partial charge in [-0.05, 0) is 55.0 Å². The van der Waals surface area contributed by atoms with Crippen molar-refractivity contribution in [3.63, 3.8) is 0 Å². The van der Waals surface area contributed by atoms with Crippen LogP contribution >= 0.6 is 15.9 Å². The number of hydrogen-bond acceptors (Lipinski definition) is 3. The van der Waals surface area contributed by atoms with Crippen LogP contribution in [0.25, 0.3) is 0 Å². The highest BCUT2D eigenvalue weighted by Crippen LogP contribution is 2.31. The van der Waals surface area contributed by atoms with Crippen molar-refractivity contribution >= 4 is 26.0 Å². The molecule has 1 aromatic rings. The Morgan fingerprint density at radius 3 is 2.33 bits per heavy atom. The van der Waals surface area contributed by atoms with E-state index in [4.69, 9.17) is 0 Å². The molecule has 2 rings (SSSR count). The van der Waals surface area contributed by atoms with E-state index >= 15 is 0 Å². The van der Waals surface area contributed by atoms with E-state index in [1.165, 1.54) is 0 Å². The average Bonchev–Trinajstić information content (AvgIpc) is 2.92. The van der Waals surface area contributed by atoms with Crippen LogP contribution in [0.5, 0.6) is 0 Å². The van der Waals surface area contributed by atoms with Gasteiger partial charge in [0.25, 0.3) is 0 Å². The summed E-state index contributed by atoms with van der Waals surface area (Å²) in [6.07, 6.45) is 4.18. The molecule has 1 fully saturated rings. The average molecular weight is 375 g/mol. The molecule has 0 amide bonds. The summed E-state index contributed by atoms with van der Waals surface area (Å²) in [5.74, 6) is 0. The van der Waals surface area contributed by atoms with Gasteiger partial charge in [0.2, 0.25) is 10.0 Å². The Morgan fingerprint density at radius 1 is 1.14 bits per heavy atom. The number of sulfonamides is 1. The third kappa shape index (κ3) is 4.06. The minimum Gasteiger partial charge on any atom is -0.308 e. The van der Waals surface area contributed by atoms with E-state index in [-0.39, 0.29) is 6.04 Å². The number of rotatable bonds is 6. The molecule has 1 aliphatic rings. The molecule has 1 aromatic carbocycles. The van der Waals surface area contributed by atoms with E-state index in [2.05, 4.69) is 15.9 Å². The summed E-state index contributed by atoms with van der Waals surface area (Å²) in [5.41, 5.74) is 0. The van der Waals surface area contributed by atoms with Gasteiger partial charge in [0.05, 0.1) is 4.90 Å². The Morgan fingerprint density at radius 2 is 1.76 bits per heavy atom. The maximum Gasteiger partial charge on any atom is 0.244 e. The van der Waals surface area contributed by atoms with E-state index in [0.717, 1.165) is 32.2 Å². The highest BCUT2D eigenvalue weighted by atomic mass is 79.9. The zero-order chi connectivity index (χ0) is 15.5. The fourth-order valence-corrected chi connectivity index (χ4v) is 5.41. The molecule has 0 heterocycles. The van der Waals surface area contributed by atoms with Gasteiger partial charge in [-0.15, -0.1) is 0 Å². The second kappa shape index (κ2) is 7.22. The quantitative estimate of drug-likeness (QED) is 0.768. The molecule has 0 aliphatic heterocycles. The molecule has 6 heteroatoms. The van der Waals surface area contributed by atoms with Gasteiger partial charge in [0.15, 0.2) is 0 Å². The van der Waals surface area contributed by atoms with Crippen LogP contribution in [0.3, 0.4) is 0 Å². The third-order valence-corrected chi connectivity index (χ3v) is 6.89. The molecule has 0 saturated heterocycles. The summed E-state index contributed by atoms with van der Waals surface area (Å²) >= 11 is 3.37. The fraction of sp³-hybridized carbons (Fsp3) is 0.600. The first kappa shape index (κ1) is 16.9. The lowest BCUT2D eigenvalue weighted by molar-refractivity contribution is 0.282. The number of benzene rings is 1. The molecule has 21 heavy (non-hydrogen) atoms. The summed E-state index contributed by atoms with van der Waals surface area (Å²) in [6.45, 7) is 1.28. The molecule has 118 valence electrons. The van der Waals surface area contributed by atoms with Gasteiger partial charge in [-0.25, -0.2) is 8.42 Å². The van der Waals surface area contributed by atoms with E-state index in [9.17, 15) is 8.42 Å². The summed E-state index contributed by atoms with van der Waals surface area (Å²) < 4.78 is 28.4. The topological polar surface area (TPSA) is 40.6 Å². The maximum atomic E-state index is 13.0. The van der Waals surface area contributed by atoms with E-state index in [1.54, 1.807) is 22.5 Å². The number of hydrogen-bond donors (Lipinski definition) is 0. The molecule has 0 spiro atoms. The third-order valence-electron chi connectivity index (χ3n) is 3.92. The standard InChI is InChI=1S/C15H23BrN2O2S/c1-17(2)11-12-18(13-7-3-4-8-13)21(19,20)15-10-6-5-9-14(15)16/h5-6,9-10,13H,3-4,7-8,11-12H2,1-2H3. The van der Waals surface area contributed by atoms with Gasteiger partial charge in [0, 0.05) is 23.6 Å². The Bertz CT molecular complexity index is 569. The van der Waals surface area contributed by atoms with Crippen molar-refractivity contribution in [1.82, 2.24) is 9.21 Å². The van der Waals surface area contributed by atoms with Crippen molar-refractivity contribution in [2.45, 2.75) is 36.6 Å². The summed E-state index contributed by atoms with van der Waals surface area (Å²) in [5, 5.41) is 0. The maximum absolute atomic E-state index is 13.0. The van der Waals surface area contributed by atoms with E-state index in [1.807, 2.05) is 25.1 Å². The first-order valence-corrected chi connectivity index (χ1v) is 9.57. The molecule has 1 saturated carbocycles. The highest BCUT2D eigenvalue weighted by Gasteiger charge is 2.33. The van der Waals surface area contributed by atoms with Crippen LogP contribution in [0.4, 0.5) is 0 Å². The predicted octanol–water partition coefficient (Wildman–Crippen LogP) is 2.94. The van der Waals surface area contributed by atoms with Crippen molar-refractivity contribution in [3.8, 4) is 0 Å². The summed E-state index contributed by atoms with van der Waals surface area (Å²) in [7, 11) is 0.489. The Labute approximate surface area is 136 Å². The lowest BCUT2D eigenvalue weighted by Gasteiger charge is -2.29. The van der Waals surface area contributed by atoms with Crippen LogP contribution in [-0.2, 0) is 10.0 Å². The lowest BCUT2D eigenvalue weighted by atomic mass is 10.2. The molecule has 0 atom stereocenters. The van der Waals surface area contributed by atoms with E-state index in [0.29, 0.717) is 15.9 Å². The zero-order valence-electron chi connectivity index (χ0n) is 12.6. The van der Waals surface area contributed by atoms with Crippen molar-refractivity contribution in [2.75, 3.05) is 27.2 Å². The lowest BCUT2D eigenvalue weighted by Crippen LogP contribution is -2.42. The Hall–Kier alpha value is -0.430. The Balaban J connectivity index is 2.32. The fourth-order valence-electron chi connectivity index (χ4n) is 2.77. The second-order valence-corrected chi connectivity index (χ2v) is 8.50. The van der Waals surface area contributed by atoms with Crippen molar-refractivity contribution in [1.29, 1.82) is 0 Å². The first-order chi connectivity index (χ1) is 9.93. The molecular formula is C15H23BrN2O2S. The van der Waals surface area contributed by atoms with Crippen LogP contribution < -0.4 is 0 Å². The minimum absolute atomic E-state index is 0.141. The largest absolute Gasteiger partial charge is 0.308 e. The van der Waals surface area contributed by atoms with Crippen LogP contribution in [-0.4, -0.2) is 50.8 Å². The molecule has 0 aromatic heterocycles. The Kier molecular flexibility index (Phi) is 5.82. The van der Waals surface area contributed by atoms with Crippen LogP contribution in [0, 0.1) is 0 Å². The molecule has 1 aliphatic carbocycles. The van der Waals surface area contributed by atoms with E-state index < -0.39 is 10.0 Å². The van der Waals surface area contributed by atoms with Crippen LogP contribution in [0.15, 0.2) is 33.6 Å². The summed E-state index contributed by atoms with van der Waals surface area (Å²) in [6, 6.07) is 7.21. The zero-order valence-corrected chi connectivity index (χ0v) is 15.0. The number of halogens is 1. The van der Waals surface area contributed by atoms with Crippen molar-refractivity contribution < 1.29 is 8.42 Å². The first-order valence-electron chi connectivity index (χ1n) is 7.34. The SMILES string of the molecule is CN(C)CCN(C1CCCC1)S(=O)(=O)c1ccccc1Br. The minimum atomic E-state index is -3.45. The predicted molar refractivity (Wildman–Crippen MR) is 88.8 cm³/mol. The molecule has 0 radical (unpaired) electrons. The second-order valence-electron chi connectivity index (χ2n) is 5.79.